The van der Waals surface area contributed by atoms with E-state index in [-0.39, 0.29) is 17.0 Å². The molecule has 1 heterocycles. The number of rotatable bonds is 2. The molecule has 0 unspecified atom stereocenters. The highest BCUT2D eigenvalue weighted by Gasteiger charge is 2.48. The molecule has 2 aliphatic rings. The molecular formula is C24H27NO4. The van der Waals surface area contributed by atoms with Crippen molar-refractivity contribution in [1.29, 1.82) is 0 Å². The summed E-state index contributed by atoms with van der Waals surface area (Å²) in [6, 6.07) is 3.88. The lowest BCUT2D eigenvalue weighted by atomic mass is 9.62. The summed E-state index contributed by atoms with van der Waals surface area (Å²) in [5, 5.41) is 0. The van der Waals surface area contributed by atoms with Crippen LogP contribution in [0.25, 0.3) is 0 Å². The van der Waals surface area contributed by atoms with Crippen LogP contribution in [0.1, 0.15) is 67.7 Å². The minimum atomic E-state index is -0.707. The number of ketones is 3. The number of hydrogen-bond donors (Lipinski definition) is 0. The molecule has 2 fully saturated rings. The number of benzene rings is 1. The van der Waals surface area contributed by atoms with Gasteiger partial charge in [0.15, 0.2) is 0 Å². The van der Waals surface area contributed by atoms with Gasteiger partial charge >= 0.3 is 0 Å². The molecule has 0 radical (unpaired) electrons. The molecule has 0 atom stereocenters. The largest absolute Gasteiger partial charge is 0.336 e. The number of Topliss-reactive ketones (excluding diaryl/α,β-unsaturated/α-hetero) is 3. The second-order valence-corrected chi connectivity index (χ2v) is 8.47. The van der Waals surface area contributed by atoms with Crippen LogP contribution in [-0.4, -0.2) is 41.2 Å². The Morgan fingerprint density at radius 3 is 2.00 bits per heavy atom. The van der Waals surface area contributed by atoms with E-state index in [0.29, 0.717) is 38.8 Å². The molecule has 29 heavy (non-hydrogen) atoms. The van der Waals surface area contributed by atoms with Crippen LogP contribution in [0.4, 0.5) is 0 Å². The van der Waals surface area contributed by atoms with Crippen molar-refractivity contribution in [2.45, 2.75) is 59.3 Å². The third kappa shape index (κ3) is 4.03. The lowest BCUT2D eigenvalue weighted by molar-refractivity contribution is -0.147. The summed E-state index contributed by atoms with van der Waals surface area (Å²) in [5.74, 6) is 4.19. The normalized spacial score (nSPS) is 19.1. The summed E-state index contributed by atoms with van der Waals surface area (Å²) in [6.45, 7) is 7.76. The van der Waals surface area contributed by atoms with E-state index in [1.54, 1.807) is 6.92 Å². The fourth-order valence-corrected chi connectivity index (χ4v) is 4.91. The third-order valence-corrected chi connectivity index (χ3v) is 6.31. The molecule has 5 heteroatoms. The van der Waals surface area contributed by atoms with Gasteiger partial charge in [0.1, 0.15) is 17.5 Å². The van der Waals surface area contributed by atoms with Crippen LogP contribution in [0.15, 0.2) is 12.1 Å². The maximum absolute atomic E-state index is 13.1. The zero-order valence-corrected chi connectivity index (χ0v) is 17.6. The number of carbonyl (C=O) groups excluding carboxylic acids is 4. The fraction of sp³-hybridized carbons (Fsp3) is 0.500. The molecule has 1 saturated heterocycles. The van der Waals surface area contributed by atoms with Gasteiger partial charge in [0.2, 0.25) is 5.78 Å². The summed E-state index contributed by atoms with van der Waals surface area (Å²) >= 11 is 0. The Hall–Kier alpha value is -2.74. The van der Waals surface area contributed by atoms with E-state index in [0.717, 1.165) is 22.3 Å². The first kappa shape index (κ1) is 21.0. The Morgan fingerprint density at radius 2 is 1.55 bits per heavy atom. The number of piperidine rings is 1. The smallest absolute Gasteiger partial charge is 0.289 e. The lowest BCUT2D eigenvalue weighted by Gasteiger charge is -2.44. The molecule has 1 spiro atoms. The first-order valence-electron chi connectivity index (χ1n) is 10.1. The van der Waals surface area contributed by atoms with Gasteiger partial charge in [0.25, 0.3) is 5.91 Å². The Bertz CT molecular complexity index is 912. The molecule has 5 nitrogen and oxygen atoms in total. The average Bonchev–Trinajstić information content (AvgIpc) is 2.63. The molecule has 1 aliphatic carbocycles. The van der Waals surface area contributed by atoms with Crippen molar-refractivity contribution in [3.63, 3.8) is 0 Å². The Kier molecular flexibility index (Phi) is 5.75. The van der Waals surface area contributed by atoms with Gasteiger partial charge in [-0.25, -0.2) is 0 Å². The molecule has 152 valence electrons. The van der Waals surface area contributed by atoms with Crippen LogP contribution in [0, 0.1) is 31.1 Å². The van der Waals surface area contributed by atoms with Gasteiger partial charge < -0.3 is 4.90 Å². The molecule has 1 aromatic carbocycles. The highest BCUT2D eigenvalue weighted by Crippen LogP contribution is 2.46. The Balaban J connectivity index is 1.81. The minimum Gasteiger partial charge on any atom is -0.336 e. The molecule has 1 aromatic rings. The van der Waals surface area contributed by atoms with Crippen LogP contribution >= 0.6 is 0 Å². The number of carbonyl (C=O) groups is 4. The van der Waals surface area contributed by atoms with Gasteiger partial charge in [-0.3, -0.25) is 19.2 Å². The van der Waals surface area contributed by atoms with Crippen LogP contribution in [-0.2, 0) is 19.2 Å². The van der Waals surface area contributed by atoms with Gasteiger partial charge in [0, 0.05) is 38.4 Å². The third-order valence-electron chi connectivity index (χ3n) is 6.31. The van der Waals surface area contributed by atoms with Crippen molar-refractivity contribution in [2.24, 2.45) is 5.41 Å². The molecule has 0 N–H and O–H groups in total. The van der Waals surface area contributed by atoms with Gasteiger partial charge in [0.05, 0.1) is 0 Å². The molecule has 0 bridgehead atoms. The summed E-state index contributed by atoms with van der Waals surface area (Å²) < 4.78 is 0. The fourth-order valence-electron chi connectivity index (χ4n) is 4.91. The van der Waals surface area contributed by atoms with Gasteiger partial charge in [-0.05, 0) is 67.9 Å². The van der Waals surface area contributed by atoms with Crippen LogP contribution < -0.4 is 0 Å². The van der Waals surface area contributed by atoms with Crippen molar-refractivity contribution < 1.29 is 19.2 Å². The maximum atomic E-state index is 13.1. The van der Waals surface area contributed by atoms with E-state index in [9.17, 15) is 19.2 Å². The number of likely N-dealkylation sites (tertiary alicyclic amines) is 1. The molecule has 0 aromatic heterocycles. The first-order chi connectivity index (χ1) is 13.7. The zero-order chi connectivity index (χ0) is 21.3. The lowest BCUT2D eigenvalue weighted by Crippen LogP contribution is -2.49. The number of amides is 1. The van der Waals surface area contributed by atoms with Crippen molar-refractivity contribution >= 4 is 23.3 Å². The first-order valence-corrected chi connectivity index (χ1v) is 10.1. The standard InChI is InChI=1S/C24H27NO4/c1-5-6-18-11-15(2)21(16(3)12-18)22-19(27)13-24(14-20(22)28)7-9-25(10-8-24)23(29)17(4)26/h11-12,22H,7-10,13-14H2,1-4H3. The molecule has 1 amide bonds. The zero-order valence-electron chi connectivity index (χ0n) is 17.6. The van der Waals surface area contributed by atoms with E-state index in [4.69, 9.17) is 0 Å². The second-order valence-electron chi connectivity index (χ2n) is 8.47. The van der Waals surface area contributed by atoms with Gasteiger partial charge in [-0.1, -0.05) is 5.92 Å². The Labute approximate surface area is 171 Å². The molecular weight excluding hydrogens is 366 g/mol. The predicted octanol–water partition coefficient (Wildman–Crippen LogP) is 2.89. The van der Waals surface area contributed by atoms with E-state index in [2.05, 4.69) is 11.8 Å². The summed E-state index contributed by atoms with van der Waals surface area (Å²) in [5.41, 5.74) is 3.18. The maximum Gasteiger partial charge on any atom is 0.289 e. The summed E-state index contributed by atoms with van der Waals surface area (Å²) in [6.07, 6.45) is 1.86. The van der Waals surface area contributed by atoms with E-state index < -0.39 is 17.6 Å². The van der Waals surface area contributed by atoms with E-state index in [1.807, 2.05) is 26.0 Å². The highest BCUT2D eigenvalue weighted by atomic mass is 16.2. The van der Waals surface area contributed by atoms with Crippen molar-refractivity contribution in [3.8, 4) is 11.8 Å². The SMILES string of the molecule is CC#Cc1cc(C)c(C2C(=O)CC3(CCN(C(=O)C(C)=O)CC3)CC2=O)c(C)c1. The summed E-state index contributed by atoms with van der Waals surface area (Å²) in [4.78, 5) is 51.1. The molecule has 1 saturated carbocycles. The van der Waals surface area contributed by atoms with E-state index >= 15 is 0 Å². The number of hydrogen-bond acceptors (Lipinski definition) is 4. The van der Waals surface area contributed by atoms with Crippen LogP contribution in [0.5, 0.6) is 0 Å². The van der Waals surface area contributed by atoms with Gasteiger partial charge in [-0.2, -0.15) is 0 Å². The van der Waals surface area contributed by atoms with Crippen molar-refractivity contribution in [2.75, 3.05) is 13.1 Å². The quantitative estimate of drug-likeness (QED) is 0.440. The Morgan fingerprint density at radius 1 is 1.03 bits per heavy atom. The van der Waals surface area contributed by atoms with Crippen molar-refractivity contribution in [1.82, 2.24) is 4.90 Å². The molecule has 1 aliphatic heterocycles. The van der Waals surface area contributed by atoms with Crippen LogP contribution in [0.2, 0.25) is 0 Å². The highest BCUT2D eigenvalue weighted by molar-refractivity contribution is 6.35. The molecule has 3 rings (SSSR count). The number of aryl methyl sites for hydroxylation is 2. The summed E-state index contributed by atoms with van der Waals surface area (Å²) in [7, 11) is 0. The number of nitrogens with zero attached hydrogens (tertiary/aromatic N) is 1. The topological polar surface area (TPSA) is 71.5 Å². The predicted molar refractivity (Wildman–Crippen MR) is 109 cm³/mol. The average molecular weight is 393 g/mol. The van der Waals surface area contributed by atoms with E-state index in [1.165, 1.54) is 11.8 Å². The second kappa shape index (κ2) is 7.94. The van der Waals surface area contributed by atoms with Crippen molar-refractivity contribution in [3.05, 3.63) is 34.4 Å². The monoisotopic (exact) mass is 393 g/mol. The van der Waals surface area contributed by atoms with Crippen LogP contribution in [0.3, 0.4) is 0 Å². The minimum absolute atomic E-state index is 0.0341. The van der Waals surface area contributed by atoms with Gasteiger partial charge in [-0.15, -0.1) is 5.92 Å².